The summed E-state index contributed by atoms with van der Waals surface area (Å²) in [6.45, 7) is 0. The van der Waals surface area contributed by atoms with Crippen LogP contribution in [0.1, 0.15) is 42.7 Å². The summed E-state index contributed by atoms with van der Waals surface area (Å²) in [6.07, 6.45) is 4.54. The zero-order chi connectivity index (χ0) is 13.8. The summed E-state index contributed by atoms with van der Waals surface area (Å²) >= 11 is 0. The molecule has 3 rings (SSSR count). The summed E-state index contributed by atoms with van der Waals surface area (Å²) in [5, 5.41) is 10.8. The van der Waals surface area contributed by atoms with Crippen LogP contribution in [0.5, 0.6) is 0 Å². The van der Waals surface area contributed by atoms with Crippen LogP contribution in [0, 0.1) is 5.92 Å². The first-order valence-electron chi connectivity index (χ1n) is 7.62. The van der Waals surface area contributed by atoms with Gasteiger partial charge in [-0.2, -0.15) is 0 Å². The number of hydrogen-bond acceptors (Lipinski definition) is 1. The highest BCUT2D eigenvalue weighted by Crippen LogP contribution is 2.36. The molecule has 104 valence electrons. The van der Waals surface area contributed by atoms with Crippen LogP contribution in [0.15, 0.2) is 60.7 Å². The van der Waals surface area contributed by atoms with Crippen molar-refractivity contribution >= 4 is 0 Å². The van der Waals surface area contributed by atoms with Gasteiger partial charge in [0.15, 0.2) is 0 Å². The molecule has 1 saturated carbocycles. The Morgan fingerprint density at radius 3 is 1.75 bits per heavy atom. The summed E-state index contributed by atoms with van der Waals surface area (Å²) in [5.74, 6) is 0.818. The minimum Gasteiger partial charge on any atom is -0.392 e. The second kappa shape index (κ2) is 6.23. The molecule has 1 aliphatic rings. The molecule has 2 aromatic carbocycles. The van der Waals surface area contributed by atoms with Gasteiger partial charge in [-0.15, -0.1) is 0 Å². The van der Waals surface area contributed by atoms with Crippen LogP contribution in [0.2, 0.25) is 0 Å². The fourth-order valence-electron chi connectivity index (χ4n) is 3.16. The number of aliphatic hydroxyl groups is 1. The normalized spacial score (nSPS) is 16.9. The van der Waals surface area contributed by atoms with E-state index >= 15 is 0 Å². The lowest BCUT2D eigenvalue weighted by atomic mass is 9.76. The molecule has 0 heterocycles. The van der Waals surface area contributed by atoms with Gasteiger partial charge in [-0.1, -0.05) is 79.9 Å². The van der Waals surface area contributed by atoms with E-state index in [0.29, 0.717) is 0 Å². The van der Waals surface area contributed by atoms with Gasteiger partial charge in [0.1, 0.15) is 0 Å². The fourth-order valence-corrected chi connectivity index (χ4v) is 3.16. The maximum Gasteiger partial charge on any atom is 0.0651 e. The van der Waals surface area contributed by atoms with Crippen LogP contribution in [-0.2, 0) is 0 Å². The van der Waals surface area contributed by atoms with Crippen molar-refractivity contribution in [1.82, 2.24) is 0 Å². The smallest absolute Gasteiger partial charge is 0.0651 e. The molecule has 1 N–H and O–H groups in total. The van der Waals surface area contributed by atoms with Crippen molar-refractivity contribution in [2.75, 3.05) is 0 Å². The third-order valence-corrected chi connectivity index (χ3v) is 4.50. The third kappa shape index (κ3) is 2.94. The second-order valence-corrected chi connectivity index (χ2v) is 5.90. The molecule has 1 heteroatoms. The molecular formula is C19H22O. The van der Waals surface area contributed by atoms with E-state index in [9.17, 15) is 5.11 Å². The van der Waals surface area contributed by atoms with E-state index in [-0.39, 0.29) is 12.0 Å². The molecule has 0 bridgehead atoms. The van der Waals surface area contributed by atoms with Gasteiger partial charge < -0.3 is 5.11 Å². The molecular weight excluding hydrogens is 244 g/mol. The fraction of sp³-hybridized carbons (Fsp3) is 0.368. The lowest BCUT2D eigenvalue weighted by Gasteiger charge is -2.31. The molecule has 0 aromatic heterocycles. The second-order valence-electron chi connectivity index (χ2n) is 5.90. The van der Waals surface area contributed by atoms with E-state index in [2.05, 4.69) is 48.5 Å². The summed E-state index contributed by atoms with van der Waals surface area (Å²) in [5.41, 5.74) is 2.43. The van der Waals surface area contributed by atoms with E-state index in [1.165, 1.54) is 30.4 Å². The van der Waals surface area contributed by atoms with Gasteiger partial charge in [0.25, 0.3) is 0 Å². The SMILES string of the molecule is OC(CC1CCC1)C(c1ccccc1)c1ccccc1. The summed E-state index contributed by atoms with van der Waals surface area (Å²) in [7, 11) is 0. The highest BCUT2D eigenvalue weighted by molar-refractivity contribution is 5.33. The van der Waals surface area contributed by atoms with Crippen molar-refractivity contribution in [3.63, 3.8) is 0 Å². The molecule has 0 amide bonds. The minimum atomic E-state index is -0.287. The van der Waals surface area contributed by atoms with Crippen LogP contribution in [0.25, 0.3) is 0 Å². The van der Waals surface area contributed by atoms with Crippen molar-refractivity contribution < 1.29 is 5.11 Å². The van der Waals surface area contributed by atoms with E-state index in [4.69, 9.17) is 0 Å². The quantitative estimate of drug-likeness (QED) is 0.852. The Morgan fingerprint density at radius 2 is 1.35 bits per heavy atom. The lowest BCUT2D eigenvalue weighted by Crippen LogP contribution is -2.25. The zero-order valence-electron chi connectivity index (χ0n) is 11.8. The Labute approximate surface area is 121 Å². The molecule has 1 nitrogen and oxygen atoms in total. The zero-order valence-corrected chi connectivity index (χ0v) is 11.8. The van der Waals surface area contributed by atoms with Gasteiger partial charge in [0, 0.05) is 5.92 Å². The highest BCUT2D eigenvalue weighted by Gasteiger charge is 2.28. The van der Waals surface area contributed by atoms with Crippen molar-refractivity contribution in [3.8, 4) is 0 Å². The summed E-state index contributed by atoms with van der Waals surface area (Å²) in [4.78, 5) is 0. The maximum atomic E-state index is 10.8. The Bertz CT molecular complexity index is 476. The summed E-state index contributed by atoms with van der Waals surface area (Å²) < 4.78 is 0. The van der Waals surface area contributed by atoms with Gasteiger partial charge in [-0.25, -0.2) is 0 Å². The predicted molar refractivity (Wildman–Crippen MR) is 82.7 cm³/mol. The molecule has 0 saturated heterocycles. The number of benzene rings is 2. The van der Waals surface area contributed by atoms with E-state index in [0.717, 1.165) is 12.3 Å². The number of aliphatic hydroxyl groups excluding tert-OH is 1. The third-order valence-electron chi connectivity index (χ3n) is 4.50. The van der Waals surface area contributed by atoms with Crippen molar-refractivity contribution in [1.29, 1.82) is 0 Å². The van der Waals surface area contributed by atoms with Crippen LogP contribution in [0.3, 0.4) is 0 Å². The summed E-state index contributed by atoms with van der Waals surface area (Å²) in [6, 6.07) is 20.8. The van der Waals surface area contributed by atoms with Gasteiger partial charge in [-0.05, 0) is 23.5 Å². The first-order valence-corrected chi connectivity index (χ1v) is 7.62. The first kappa shape index (κ1) is 13.4. The molecule has 0 aliphatic heterocycles. The Kier molecular flexibility index (Phi) is 4.17. The van der Waals surface area contributed by atoms with Gasteiger partial charge >= 0.3 is 0 Å². The molecule has 1 unspecified atom stereocenters. The molecule has 20 heavy (non-hydrogen) atoms. The molecule has 1 atom stereocenters. The molecule has 1 aliphatic carbocycles. The van der Waals surface area contributed by atoms with Crippen LogP contribution >= 0.6 is 0 Å². The average Bonchev–Trinajstić information content (AvgIpc) is 2.46. The van der Waals surface area contributed by atoms with Crippen molar-refractivity contribution in [2.24, 2.45) is 5.92 Å². The van der Waals surface area contributed by atoms with Gasteiger partial charge in [0.2, 0.25) is 0 Å². The average molecular weight is 266 g/mol. The minimum absolute atomic E-state index is 0.0954. The topological polar surface area (TPSA) is 20.2 Å². The molecule has 1 fully saturated rings. The van der Waals surface area contributed by atoms with Crippen LogP contribution < -0.4 is 0 Å². The monoisotopic (exact) mass is 266 g/mol. The van der Waals surface area contributed by atoms with Gasteiger partial charge in [-0.3, -0.25) is 0 Å². The Balaban J connectivity index is 1.86. The van der Waals surface area contributed by atoms with E-state index in [1.807, 2.05) is 12.1 Å². The maximum absolute atomic E-state index is 10.8. The highest BCUT2D eigenvalue weighted by atomic mass is 16.3. The van der Waals surface area contributed by atoms with Crippen molar-refractivity contribution in [2.45, 2.75) is 37.7 Å². The molecule has 0 spiro atoms. The van der Waals surface area contributed by atoms with Crippen LogP contribution in [0.4, 0.5) is 0 Å². The lowest BCUT2D eigenvalue weighted by molar-refractivity contribution is 0.103. The predicted octanol–water partition coefficient (Wildman–Crippen LogP) is 4.37. The largest absolute Gasteiger partial charge is 0.392 e. The first-order chi connectivity index (χ1) is 9.84. The number of hydrogen-bond donors (Lipinski definition) is 1. The van der Waals surface area contributed by atoms with Gasteiger partial charge in [0.05, 0.1) is 6.10 Å². The van der Waals surface area contributed by atoms with Crippen LogP contribution in [-0.4, -0.2) is 11.2 Å². The standard InChI is InChI=1S/C19H22O/c20-18(14-15-8-7-9-15)19(16-10-3-1-4-11-16)17-12-5-2-6-13-17/h1-6,10-13,15,18-20H,7-9,14H2. The van der Waals surface area contributed by atoms with Crippen molar-refractivity contribution in [3.05, 3.63) is 71.8 Å². The Morgan fingerprint density at radius 1 is 0.850 bits per heavy atom. The van der Waals surface area contributed by atoms with E-state index < -0.39 is 0 Å². The Hall–Kier alpha value is -1.60. The van der Waals surface area contributed by atoms with E-state index in [1.54, 1.807) is 0 Å². The molecule has 0 radical (unpaired) electrons. The number of rotatable bonds is 5. The molecule has 2 aromatic rings.